The highest BCUT2D eigenvalue weighted by Gasteiger charge is 2.29. The van der Waals surface area contributed by atoms with Crippen LogP contribution < -0.4 is 10.6 Å². The standard InChI is InChI=1S/C30H35FN4O5S/c1-30(2,3)29(37)35-27-26(34-25(18-32-27)20-11-8-12-22(15-20)40-41(4,38)39)21-13-14-23(24(31)16-21)28(36)33-17-19-9-6-5-7-10-19/h5-7,9-10,13-14,16,18,20,22H,8,11-12,15,17H2,1-4H3,(H,33,36)(H,32,35,37)/t20?,22-/m0/s1. The van der Waals surface area contributed by atoms with E-state index in [2.05, 4.69) is 15.6 Å². The second-order valence-electron chi connectivity index (χ2n) is 11.3. The molecule has 11 heteroatoms. The van der Waals surface area contributed by atoms with Gasteiger partial charge < -0.3 is 10.6 Å². The number of nitrogens with zero attached hydrogens (tertiary/aromatic N) is 2. The first-order valence-electron chi connectivity index (χ1n) is 13.5. The van der Waals surface area contributed by atoms with Crippen LogP contribution in [-0.2, 0) is 25.6 Å². The summed E-state index contributed by atoms with van der Waals surface area (Å²) in [7, 11) is -3.61. The smallest absolute Gasteiger partial charge is 0.264 e. The molecule has 0 radical (unpaired) electrons. The van der Waals surface area contributed by atoms with Crippen LogP contribution in [0.5, 0.6) is 0 Å². The third-order valence-corrected chi connectivity index (χ3v) is 7.46. The minimum Gasteiger partial charge on any atom is -0.348 e. The summed E-state index contributed by atoms with van der Waals surface area (Å²) in [6, 6.07) is 13.5. The molecule has 0 saturated heterocycles. The summed E-state index contributed by atoms with van der Waals surface area (Å²) in [6.45, 7) is 5.53. The average Bonchev–Trinajstić information content (AvgIpc) is 2.91. The first-order chi connectivity index (χ1) is 19.3. The molecular weight excluding hydrogens is 547 g/mol. The maximum absolute atomic E-state index is 15.3. The van der Waals surface area contributed by atoms with Crippen molar-refractivity contribution < 1.29 is 26.6 Å². The van der Waals surface area contributed by atoms with Crippen LogP contribution in [-0.4, -0.2) is 42.6 Å². The molecule has 1 aliphatic rings. The van der Waals surface area contributed by atoms with Gasteiger partial charge in [-0.1, -0.05) is 63.6 Å². The predicted octanol–water partition coefficient (Wildman–Crippen LogP) is 5.20. The zero-order valence-electron chi connectivity index (χ0n) is 23.6. The highest BCUT2D eigenvalue weighted by molar-refractivity contribution is 7.86. The van der Waals surface area contributed by atoms with Gasteiger partial charge in [-0.3, -0.25) is 13.8 Å². The van der Waals surface area contributed by atoms with E-state index in [0.717, 1.165) is 24.7 Å². The molecule has 4 rings (SSSR count). The van der Waals surface area contributed by atoms with Gasteiger partial charge in [-0.05, 0) is 37.0 Å². The maximum Gasteiger partial charge on any atom is 0.264 e. The van der Waals surface area contributed by atoms with Crippen LogP contribution in [0.1, 0.15) is 74.0 Å². The molecule has 0 spiro atoms. The van der Waals surface area contributed by atoms with Gasteiger partial charge in [0.25, 0.3) is 16.0 Å². The average molecular weight is 583 g/mol. The van der Waals surface area contributed by atoms with Gasteiger partial charge in [0.2, 0.25) is 5.91 Å². The Balaban J connectivity index is 1.64. The lowest BCUT2D eigenvalue weighted by Crippen LogP contribution is -2.29. The number of nitrogens with one attached hydrogen (secondary N) is 2. The van der Waals surface area contributed by atoms with Gasteiger partial charge in [-0.2, -0.15) is 8.42 Å². The van der Waals surface area contributed by atoms with Crippen LogP contribution >= 0.6 is 0 Å². The molecule has 2 atom stereocenters. The summed E-state index contributed by atoms with van der Waals surface area (Å²) in [4.78, 5) is 34.8. The minimum atomic E-state index is -3.61. The Labute approximate surface area is 240 Å². The van der Waals surface area contributed by atoms with Gasteiger partial charge >= 0.3 is 0 Å². The van der Waals surface area contributed by atoms with Gasteiger partial charge in [-0.15, -0.1) is 0 Å². The predicted molar refractivity (Wildman–Crippen MR) is 154 cm³/mol. The van der Waals surface area contributed by atoms with Crippen molar-refractivity contribution in [3.05, 3.63) is 77.4 Å². The summed E-state index contributed by atoms with van der Waals surface area (Å²) < 4.78 is 43.9. The summed E-state index contributed by atoms with van der Waals surface area (Å²) >= 11 is 0. The number of carbonyl (C=O) groups is 2. The number of amides is 2. The molecule has 1 unspecified atom stereocenters. The van der Waals surface area contributed by atoms with E-state index >= 15 is 4.39 Å². The lowest BCUT2D eigenvalue weighted by atomic mass is 9.85. The topological polar surface area (TPSA) is 127 Å². The van der Waals surface area contributed by atoms with Crippen LogP contribution in [0.2, 0.25) is 0 Å². The van der Waals surface area contributed by atoms with Crippen LogP contribution in [0.25, 0.3) is 11.3 Å². The third kappa shape index (κ3) is 8.17. The van der Waals surface area contributed by atoms with Crippen molar-refractivity contribution in [3.8, 4) is 11.3 Å². The van der Waals surface area contributed by atoms with Gasteiger partial charge in [-0.25, -0.2) is 14.4 Å². The monoisotopic (exact) mass is 582 g/mol. The zero-order valence-corrected chi connectivity index (χ0v) is 24.4. The summed E-state index contributed by atoms with van der Waals surface area (Å²) in [6.07, 6.45) is 4.65. The van der Waals surface area contributed by atoms with E-state index in [1.807, 2.05) is 30.3 Å². The van der Waals surface area contributed by atoms with Gasteiger partial charge in [0.1, 0.15) is 11.5 Å². The van der Waals surface area contributed by atoms with E-state index < -0.39 is 33.4 Å². The molecule has 2 aromatic carbocycles. The molecule has 1 saturated carbocycles. The number of rotatable bonds is 8. The first-order valence-corrected chi connectivity index (χ1v) is 15.3. The highest BCUT2D eigenvalue weighted by atomic mass is 32.2. The van der Waals surface area contributed by atoms with Crippen LogP contribution in [0.15, 0.2) is 54.7 Å². The molecule has 1 aromatic heterocycles. The number of aromatic nitrogens is 2. The number of hydrogen-bond acceptors (Lipinski definition) is 7. The molecule has 0 aliphatic heterocycles. The quantitative estimate of drug-likeness (QED) is 0.350. The molecule has 1 aliphatic carbocycles. The molecule has 9 nitrogen and oxygen atoms in total. The Morgan fingerprint density at radius 2 is 1.83 bits per heavy atom. The molecule has 1 fully saturated rings. The van der Waals surface area contributed by atoms with Crippen LogP contribution in [0.4, 0.5) is 10.2 Å². The molecule has 2 amide bonds. The van der Waals surface area contributed by atoms with Gasteiger partial charge in [0.15, 0.2) is 5.82 Å². The fraction of sp³-hybridized carbons (Fsp3) is 0.400. The van der Waals surface area contributed by atoms with Crippen molar-refractivity contribution in [2.24, 2.45) is 5.41 Å². The Bertz CT molecular complexity index is 1520. The SMILES string of the molecule is CC(C)(C)C(=O)Nc1ncc(C2CCC[C@H](OS(C)(=O)=O)C2)nc1-c1ccc(C(=O)NCc2ccccc2)c(F)c1. The molecular formula is C30H35FN4O5S. The number of benzene rings is 2. The Hall–Kier alpha value is -3.70. The summed E-state index contributed by atoms with van der Waals surface area (Å²) in [5.41, 5.74) is 1.21. The Morgan fingerprint density at radius 3 is 2.49 bits per heavy atom. The van der Waals surface area contributed by atoms with E-state index in [1.165, 1.54) is 12.1 Å². The second-order valence-corrected chi connectivity index (χ2v) is 12.9. The number of halogens is 1. The Morgan fingerprint density at radius 1 is 1.10 bits per heavy atom. The van der Waals surface area contributed by atoms with Crippen molar-refractivity contribution in [2.45, 2.75) is 65.0 Å². The lowest BCUT2D eigenvalue weighted by Gasteiger charge is -2.28. The molecule has 41 heavy (non-hydrogen) atoms. The third-order valence-electron chi connectivity index (χ3n) is 6.84. The van der Waals surface area contributed by atoms with E-state index in [4.69, 9.17) is 9.17 Å². The summed E-state index contributed by atoms with van der Waals surface area (Å²) in [5, 5.41) is 5.52. The summed E-state index contributed by atoms with van der Waals surface area (Å²) in [5.74, 6) is -1.57. The minimum absolute atomic E-state index is 0.123. The van der Waals surface area contributed by atoms with Crippen molar-refractivity contribution >= 4 is 27.8 Å². The van der Waals surface area contributed by atoms with Crippen molar-refractivity contribution in [2.75, 3.05) is 11.6 Å². The van der Waals surface area contributed by atoms with E-state index in [9.17, 15) is 18.0 Å². The van der Waals surface area contributed by atoms with E-state index in [1.54, 1.807) is 33.0 Å². The van der Waals surface area contributed by atoms with E-state index in [-0.39, 0.29) is 35.4 Å². The fourth-order valence-corrected chi connectivity index (χ4v) is 5.32. The molecule has 0 bridgehead atoms. The number of carbonyl (C=O) groups excluding carboxylic acids is 2. The molecule has 3 aromatic rings. The lowest BCUT2D eigenvalue weighted by molar-refractivity contribution is -0.123. The van der Waals surface area contributed by atoms with Crippen molar-refractivity contribution in [1.29, 1.82) is 0 Å². The second kappa shape index (κ2) is 12.4. The zero-order chi connectivity index (χ0) is 29.8. The number of anilines is 1. The largest absolute Gasteiger partial charge is 0.348 e. The fourth-order valence-electron chi connectivity index (χ4n) is 4.66. The first kappa shape index (κ1) is 30.3. The van der Waals surface area contributed by atoms with Crippen LogP contribution in [0.3, 0.4) is 0 Å². The maximum atomic E-state index is 15.3. The Kier molecular flexibility index (Phi) is 9.18. The molecule has 1 heterocycles. The van der Waals surface area contributed by atoms with Gasteiger partial charge in [0, 0.05) is 23.4 Å². The van der Waals surface area contributed by atoms with E-state index in [0.29, 0.717) is 24.1 Å². The van der Waals surface area contributed by atoms with Gasteiger partial charge in [0.05, 0.1) is 29.8 Å². The molecule has 2 N–H and O–H groups in total. The van der Waals surface area contributed by atoms with Crippen LogP contribution in [0, 0.1) is 11.2 Å². The highest BCUT2D eigenvalue weighted by Crippen LogP contribution is 2.36. The normalized spacial score (nSPS) is 17.6. The van der Waals surface area contributed by atoms with Crippen molar-refractivity contribution in [3.63, 3.8) is 0 Å². The number of hydrogen-bond donors (Lipinski definition) is 2. The molecule has 218 valence electrons. The van der Waals surface area contributed by atoms with Crippen molar-refractivity contribution in [1.82, 2.24) is 15.3 Å².